The molecule has 2 aromatic rings. The van der Waals surface area contributed by atoms with Gasteiger partial charge in [0.15, 0.2) is 5.82 Å². The minimum Gasteiger partial charge on any atom is -0.305 e. The van der Waals surface area contributed by atoms with Gasteiger partial charge in [0.2, 0.25) is 0 Å². The first-order chi connectivity index (χ1) is 10.4. The van der Waals surface area contributed by atoms with Crippen LogP contribution in [-0.2, 0) is 13.5 Å². The van der Waals surface area contributed by atoms with Crippen LogP contribution >= 0.6 is 0 Å². The van der Waals surface area contributed by atoms with Crippen LogP contribution in [0.3, 0.4) is 0 Å². The van der Waals surface area contributed by atoms with Crippen LogP contribution in [0, 0.1) is 5.92 Å². The summed E-state index contributed by atoms with van der Waals surface area (Å²) in [5.74, 6) is 1.48. The number of rotatable bonds is 5. The van der Waals surface area contributed by atoms with Crippen LogP contribution < -0.4 is 5.32 Å². The summed E-state index contributed by atoms with van der Waals surface area (Å²) in [6.07, 6.45) is 2.79. The largest absolute Gasteiger partial charge is 0.305 e. The van der Waals surface area contributed by atoms with E-state index in [0.717, 1.165) is 6.42 Å². The molecule has 0 atom stereocenters. The van der Waals surface area contributed by atoms with Gasteiger partial charge in [-0.25, -0.2) is 0 Å². The Hall–Kier alpha value is -2.10. The van der Waals surface area contributed by atoms with Gasteiger partial charge < -0.3 is 5.32 Å². The molecule has 118 valence electrons. The number of hydrogen-bond donors (Lipinski definition) is 1. The molecular weight excluding hydrogens is 274 g/mol. The summed E-state index contributed by atoms with van der Waals surface area (Å²) in [7, 11) is 1.83. The predicted molar refractivity (Wildman–Crippen MR) is 90.2 cm³/mol. The lowest BCUT2D eigenvalue weighted by Crippen LogP contribution is -2.14. The Balaban J connectivity index is 2.25. The van der Waals surface area contributed by atoms with Crippen molar-refractivity contribution in [1.82, 2.24) is 9.78 Å². The number of nitrogens with one attached hydrogen (secondary N) is 1. The third-order valence-electron chi connectivity index (χ3n) is 3.61. The van der Waals surface area contributed by atoms with E-state index in [1.165, 1.54) is 11.1 Å². The Labute approximate surface area is 132 Å². The molecule has 0 bridgehead atoms. The molecule has 4 heteroatoms. The highest BCUT2D eigenvalue weighted by Gasteiger charge is 2.13. The lowest BCUT2D eigenvalue weighted by Gasteiger charge is -2.16. The normalized spacial score (nSPS) is 11.2. The van der Waals surface area contributed by atoms with Crippen molar-refractivity contribution in [2.45, 2.75) is 40.0 Å². The Kier molecular flexibility index (Phi) is 5.01. The maximum atomic E-state index is 12.4. The lowest BCUT2D eigenvalue weighted by molar-refractivity contribution is 0.102. The molecule has 1 N–H and O–H groups in total. The van der Waals surface area contributed by atoms with Crippen LogP contribution in [0.4, 0.5) is 5.82 Å². The number of carbonyl (C=O) groups is 1. The molecule has 22 heavy (non-hydrogen) atoms. The SMILES string of the molecule is CC(C)Cc1cc(C(=O)Nc2ccn(C)n2)ccc1C(C)C. The number of aromatic nitrogens is 2. The molecule has 0 spiro atoms. The van der Waals surface area contributed by atoms with E-state index in [2.05, 4.69) is 44.2 Å². The highest BCUT2D eigenvalue weighted by atomic mass is 16.1. The van der Waals surface area contributed by atoms with Crippen molar-refractivity contribution in [1.29, 1.82) is 0 Å². The molecule has 0 aliphatic rings. The monoisotopic (exact) mass is 299 g/mol. The maximum Gasteiger partial charge on any atom is 0.256 e. The molecule has 1 heterocycles. The molecule has 2 rings (SSSR count). The summed E-state index contributed by atoms with van der Waals surface area (Å²) in [6, 6.07) is 7.79. The summed E-state index contributed by atoms with van der Waals surface area (Å²) in [5.41, 5.74) is 3.27. The van der Waals surface area contributed by atoms with Gasteiger partial charge in [-0.2, -0.15) is 5.10 Å². The van der Waals surface area contributed by atoms with Gasteiger partial charge >= 0.3 is 0 Å². The van der Waals surface area contributed by atoms with E-state index in [-0.39, 0.29) is 5.91 Å². The molecule has 0 aliphatic carbocycles. The fourth-order valence-corrected chi connectivity index (χ4v) is 2.60. The van der Waals surface area contributed by atoms with E-state index in [9.17, 15) is 4.79 Å². The van der Waals surface area contributed by atoms with Crippen LogP contribution in [0.2, 0.25) is 0 Å². The van der Waals surface area contributed by atoms with Crippen molar-refractivity contribution in [3.05, 3.63) is 47.2 Å². The first kappa shape index (κ1) is 16.3. The zero-order chi connectivity index (χ0) is 16.3. The smallest absolute Gasteiger partial charge is 0.256 e. The summed E-state index contributed by atoms with van der Waals surface area (Å²) < 4.78 is 1.67. The molecular formula is C18H25N3O. The summed E-state index contributed by atoms with van der Waals surface area (Å²) in [6.45, 7) is 8.77. The second kappa shape index (κ2) is 6.77. The van der Waals surface area contributed by atoms with Crippen molar-refractivity contribution in [2.75, 3.05) is 5.32 Å². The number of carbonyl (C=O) groups excluding carboxylic acids is 1. The number of aryl methyl sites for hydroxylation is 1. The van der Waals surface area contributed by atoms with E-state index in [0.29, 0.717) is 23.2 Å². The average Bonchev–Trinajstić information content (AvgIpc) is 2.83. The molecule has 0 unspecified atom stereocenters. The van der Waals surface area contributed by atoms with Crippen molar-refractivity contribution in [2.24, 2.45) is 13.0 Å². The number of anilines is 1. The zero-order valence-electron chi connectivity index (χ0n) is 14.1. The van der Waals surface area contributed by atoms with E-state index in [4.69, 9.17) is 0 Å². The van der Waals surface area contributed by atoms with Gasteiger partial charge in [-0.3, -0.25) is 9.48 Å². The fraction of sp³-hybridized carbons (Fsp3) is 0.444. The summed E-state index contributed by atoms with van der Waals surface area (Å²) in [4.78, 5) is 12.4. The van der Waals surface area contributed by atoms with Crippen molar-refractivity contribution < 1.29 is 4.79 Å². The van der Waals surface area contributed by atoms with E-state index in [1.807, 2.05) is 25.4 Å². The van der Waals surface area contributed by atoms with Gasteiger partial charge in [-0.05, 0) is 41.5 Å². The third-order valence-corrected chi connectivity index (χ3v) is 3.61. The number of nitrogens with zero attached hydrogens (tertiary/aromatic N) is 2. The van der Waals surface area contributed by atoms with Gasteiger partial charge in [0.05, 0.1) is 0 Å². The number of hydrogen-bond acceptors (Lipinski definition) is 2. The van der Waals surface area contributed by atoms with Crippen LogP contribution in [0.5, 0.6) is 0 Å². The highest BCUT2D eigenvalue weighted by molar-refractivity contribution is 6.03. The summed E-state index contributed by atoms with van der Waals surface area (Å²) in [5, 5.41) is 7.01. The van der Waals surface area contributed by atoms with Gasteiger partial charge in [0.1, 0.15) is 0 Å². The van der Waals surface area contributed by atoms with E-state index >= 15 is 0 Å². The molecule has 0 saturated carbocycles. The molecule has 0 aliphatic heterocycles. The fourth-order valence-electron chi connectivity index (χ4n) is 2.60. The van der Waals surface area contributed by atoms with Crippen LogP contribution in [0.25, 0.3) is 0 Å². The second-order valence-electron chi connectivity index (χ2n) is 6.50. The first-order valence-electron chi connectivity index (χ1n) is 7.80. The zero-order valence-corrected chi connectivity index (χ0v) is 14.1. The summed E-state index contributed by atoms with van der Waals surface area (Å²) >= 11 is 0. The Morgan fingerprint density at radius 3 is 2.50 bits per heavy atom. The van der Waals surface area contributed by atoms with Crippen LogP contribution in [0.1, 0.15) is 55.1 Å². The number of amides is 1. The minimum atomic E-state index is -0.112. The van der Waals surface area contributed by atoms with Crippen LogP contribution in [-0.4, -0.2) is 15.7 Å². The lowest BCUT2D eigenvalue weighted by atomic mass is 9.90. The molecule has 0 fully saturated rings. The van der Waals surface area contributed by atoms with E-state index < -0.39 is 0 Å². The molecule has 1 aromatic heterocycles. The van der Waals surface area contributed by atoms with Crippen molar-refractivity contribution in [3.63, 3.8) is 0 Å². The first-order valence-corrected chi connectivity index (χ1v) is 7.80. The molecule has 0 radical (unpaired) electrons. The predicted octanol–water partition coefficient (Wildman–Crippen LogP) is 3.99. The van der Waals surface area contributed by atoms with Crippen LogP contribution in [0.15, 0.2) is 30.5 Å². The Morgan fingerprint density at radius 1 is 1.23 bits per heavy atom. The standard InChI is InChI=1S/C18H25N3O/c1-12(2)10-15-11-14(6-7-16(15)13(3)4)18(22)19-17-8-9-21(5)20-17/h6-9,11-13H,10H2,1-5H3,(H,19,20,22). The van der Waals surface area contributed by atoms with Gasteiger partial charge in [-0.1, -0.05) is 33.8 Å². The average molecular weight is 299 g/mol. The van der Waals surface area contributed by atoms with Crippen molar-refractivity contribution in [3.8, 4) is 0 Å². The maximum absolute atomic E-state index is 12.4. The molecule has 4 nitrogen and oxygen atoms in total. The molecule has 0 saturated heterocycles. The highest BCUT2D eigenvalue weighted by Crippen LogP contribution is 2.24. The quantitative estimate of drug-likeness (QED) is 0.907. The molecule has 1 amide bonds. The molecule has 1 aromatic carbocycles. The number of benzene rings is 1. The van der Waals surface area contributed by atoms with Gasteiger partial charge in [-0.15, -0.1) is 0 Å². The topological polar surface area (TPSA) is 46.9 Å². The third kappa shape index (κ3) is 3.97. The van der Waals surface area contributed by atoms with Gasteiger partial charge in [0.25, 0.3) is 5.91 Å². The minimum absolute atomic E-state index is 0.112. The van der Waals surface area contributed by atoms with E-state index in [1.54, 1.807) is 10.7 Å². The van der Waals surface area contributed by atoms with Crippen molar-refractivity contribution >= 4 is 11.7 Å². The Bertz CT molecular complexity index is 656. The second-order valence-corrected chi connectivity index (χ2v) is 6.50. The van der Waals surface area contributed by atoms with Gasteiger partial charge in [0, 0.05) is 24.9 Å². The Morgan fingerprint density at radius 2 is 1.95 bits per heavy atom.